The second-order valence-corrected chi connectivity index (χ2v) is 5.86. The van der Waals surface area contributed by atoms with Crippen LogP contribution < -0.4 is 21.8 Å². The van der Waals surface area contributed by atoms with Crippen LogP contribution in [0.5, 0.6) is 0 Å². The van der Waals surface area contributed by atoms with E-state index in [2.05, 4.69) is 21.2 Å². The van der Waals surface area contributed by atoms with Crippen LogP contribution in [-0.2, 0) is 9.59 Å². The number of nitrogens with two attached hydrogens (primary N) is 1. The van der Waals surface area contributed by atoms with Crippen LogP contribution in [0.15, 0.2) is 53.6 Å². The molecule has 0 spiro atoms. The molecule has 0 aliphatic carbocycles. The topological polar surface area (TPSA) is 126 Å². The van der Waals surface area contributed by atoms with Gasteiger partial charge >= 0.3 is 0 Å². The number of carbonyl (C=O) groups excluding carboxylic acids is 3. The van der Waals surface area contributed by atoms with Crippen LogP contribution in [-0.4, -0.2) is 23.4 Å². The van der Waals surface area contributed by atoms with Gasteiger partial charge in [0.05, 0.1) is 12.0 Å². The van der Waals surface area contributed by atoms with Gasteiger partial charge in [0.15, 0.2) is 0 Å². The van der Waals surface area contributed by atoms with E-state index in [9.17, 15) is 14.4 Å². The number of nitrogens with zero attached hydrogens (tertiary/aromatic N) is 1. The lowest BCUT2D eigenvalue weighted by molar-refractivity contribution is -0.115. The van der Waals surface area contributed by atoms with Crippen LogP contribution in [0.4, 0.5) is 17.1 Å². The molecule has 0 unspecified atom stereocenters. The van der Waals surface area contributed by atoms with Gasteiger partial charge in [-0.3, -0.25) is 14.4 Å². The number of nitrogen functional groups attached to an aromatic ring is 1. The maximum Gasteiger partial charge on any atom is 0.273 e. The zero-order valence-corrected chi connectivity index (χ0v) is 15.1. The first-order chi connectivity index (χ1) is 12.8. The van der Waals surface area contributed by atoms with E-state index < -0.39 is 5.91 Å². The molecule has 0 bridgehead atoms. The fraction of sp³-hybridized carbons (Fsp3) is 0.158. The Labute approximate surface area is 156 Å². The molecule has 27 heavy (non-hydrogen) atoms. The lowest BCUT2D eigenvalue weighted by atomic mass is 10.2. The smallest absolute Gasteiger partial charge is 0.273 e. The number of anilines is 3. The summed E-state index contributed by atoms with van der Waals surface area (Å²) in [5.41, 5.74) is 10.4. The van der Waals surface area contributed by atoms with Gasteiger partial charge in [0.2, 0.25) is 11.8 Å². The van der Waals surface area contributed by atoms with Gasteiger partial charge in [-0.25, -0.2) is 5.43 Å². The summed E-state index contributed by atoms with van der Waals surface area (Å²) in [4.78, 5) is 35.1. The van der Waals surface area contributed by atoms with Crippen molar-refractivity contribution in [1.29, 1.82) is 0 Å². The van der Waals surface area contributed by atoms with Gasteiger partial charge in [0, 0.05) is 29.7 Å². The average Bonchev–Trinajstić information content (AvgIpc) is 2.61. The van der Waals surface area contributed by atoms with E-state index in [-0.39, 0.29) is 18.2 Å². The van der Waals surface area contributed by atoms with E-state index in [4.69, 9.17) is 5.73 Å². The number of rotatable bonds is 6. The van der Waals surface area contributed by atoms with Crippen LogP contribution >= 0.6 is 0 Å². The van der Waals surface area contributed by atoms with Crippen molar-refractivity contribution in [3.8, 4) is 0 Å². The molecule has 8 heteroatoms. The van der Waals surface area contributed by atoms with Gasteiger partial charge in [-0.05, 0) is 43.3 Å². The number of hydrogen-bond donors (Lipinski definition) is 4. The summed E-state index contributed by atoms with van der Waals surface area (Å²) >= 11 is 0. The summed E-state index contributed by atoms with van der Waals surface area (Å²) in [6.45, 7) is 3.05. The lowest BCUT2D eigenvalue weighted by Crippen LogP contribution is -2.22. The van der Waals surface area contributed by atoms with Crippen molar-refractivity contribution >= 4 is 40.5 Å². The van der Waals surface area contributed by atoms with E-state index in [0.29, 0.717) is 28.3 Å². The molecule has 0 radical (unpaired) electrons. The maximum absolute atomic E-state index is 12.1. The molecule has 2 aromatic rings. The monoisotopic (exact) mass is 367 g/mol. The predicted octanol–water partition coefficient (Wildman–Crippen LogP) is 2.36. The Hall–Kier alpha value is -3.68. The molecule has 2 aromatic carbocycles. The van der Waals surface area contributed by atoms with Crippen molar-refractivity contribution in [3.63, 3.8) is 0 Å². The van der Waals surface area contributed by atoms with Crippen molar-refractivity contribution in [3.05, 3.63) is 54.1 Å². The van der Waals surface area contributed by atoms with Crippen molar-refractivity contribution in [1.82, 2.24) is 5.43 Å². The molecule has 0 aromatic heterocycles. The third-order valence-electron chi connectivity index (χ3n) is 3.46. The number of amides is 3. The lowest BCUT2D eigenvalue weighted by Gasteiger charge is -2.07. The summed E-state index contributed by atoms with van der Waals surface area (Å²) in [6.07, 6.45) is 0.0119. The second kappa shape index (κ2) is 9.14. The highest BCUT2D eigenvalue weighted by Crippen LogP contribution is 2.14. The van der Waals surface area contributed by atoms with E-state index >= 15 is 0 Å². The molecule has 3 amide bonds. The van der Waals surface area contributed by atoms with Gasteiger partial charge in [0.1, 0.15) is 0 Å². The zero-order chi connectivity index (χ0) is 19.8. The van der Waals surface area contributed by atoms with E-state index in [1.807, 2.05) is 0 Å². The fourth-order valence-corrected chi connectivity index (χ4v) is 2.23. The van der Waals surface area contributed by atoms with Gasteiger partial charge < -0.3 is 16.4 Å². The standard InChI is InChI=1S/C19H21N5O3/c1-12(23-24-19(27)16-5-3-4-6-17(16)20)11-18(26)22-15-9-7-14(8-10-15)21-13(2)25/h3-10H,11,20H2,1-2H3,(H,21,25)(H,22,26)(H,24,27)/b23-12+. The van der Waals surface area contributed by atoms with Crippen LogP contribution in [0.1, 0.15) is 30.6 Å². The highest BCUT2D eigenvalue weighted by atomic mass is 16.2. The molecular weight excluding hydrogens is 346 g/mol. The van der Waals surface area contributed by atoms with Crippen molar-refractivity contribution < 1.29 is 14.4 Å². The highest BCUT2D eigenvalue weighted by molar-refractivity contribution is 6.06. The second-order valence-electron chi connectivity index (χ2n) is 5.86. The molecule has 140 valence electrons. The molecule has 2 rings (SSSR count). The van der Waals surface area contributed by atoms with Crippen molar-refractivity contribution in [2.24, 2.45) is 5.10 Å². The molecule has 8 nitrogen and oxygen atoms in total. The number of hydrogen-bond acceptors (Lipinski definition) is 5. The minimum Gasteiger partial charge on any atom is -0.398 e. The Morgan fingerprint density at radius 1 is 0.926 bits per heavy atom. The largest absolute Gasteiger partial charge is 0.398 e. The first-order valence-electron chi connectivity index (χ1n) is 8.20. The van der Waals surface area contributed by atoms with Crippen LogP contribution in [0, 0.1) is 0 Å². The Kier molecular flexibility index (Phi) is 6.65. The normalized spacial score (nSPS) is 10.8. The van der Waals surface area contributed by atoms with Crippen LogP contribution in [0.25, 0.3) is 0 Å². The maximum atomic E-state index is 12.1. The summed E-state index contributed by atoms with van der Waals surface area (Å²) in [6, 6.07) is 13.4. The first-order valence-corrected chi connectivity index (χ1v) is 8.20. The van der Waals surface area contributed by atoms with Crippen molar-refractivity contribution in [2.75, 3.05) is 16.4 Å². The van der Waals surface area contributed by atoms with E-state index in [1.54, 1.807) is 55.5 Å². The molecular formula is C19H21N5O3. The summed E-state index contributed by atoms with van der Waals surface area (Å²) in [5, 5.41) is 9.28. The number of benzene rings is 2. The van der Waals surface area contributed by atoms with Gasteiger partial charge in [-0.1, -0.05) is 12.1 Å². The van der Waals surface area contributed by atoms with E-state index in [0.717, 1.165) is 0 Å². The Balaban J connectivity index is 1.87. The summed E-state index contributed by atoms with van der Waals surface area (Å²) in [7, 11) is 0. The number of hydrazone groups is 1. The predicted molar refractivity (Wildman–Crippen MR) is 105 cm³/mol. The van der Waals surface area contributed by atoms with E-state index in [1.165, 1.54) is 6.92 Å². The molecule has 0 fully saturated rings. The highest BCUT2D eigenvalue weighted by Gasteiger charge is 2.09. The Morgan fingerprint density at radius 2 is 1.52 bits per heavy atom. The molecule has 0 aliphatic rings. The fourth-order valence-electron chi connectivity index (χ4n) is 2.23. The van der Waals surface area contributed by atoms with Crippen LogP contribution in [0.2, 0.25) is 0 Å². The molecule has 0 saturated heterocycles. The number of nitrogens with one attached hydrogen (secondary N) is 3. The van der Waals surface area contributed by atoms with Gasteiger partial charge in [-0.15, -0.1) is 0 Å². The van der Waals surface area contributed by atoms with Gasteiger partial charge in [0.25, 0.3) is 5.91 Å². The zero-order valence-electron chi connectivity index (χ0n) is 15.1. The van der Waals surface area contributed by atoms with Crippen molar-refractivity contribution in [2.45, 2.75) is 20.3 Å². The quantitative estimate of drug-likeness (QED) is 0.355. The summed E-state index contributed by atoms with van der Waals surface area (Å²) in [5.74, 6) is -0.892. The first kappa shape index (κ1) is 19.6. The molecule has 5 N–H and O–H groups in total. The minimum atomic E-state index is -0.443. The Bertz CT molecular complexity index is 875. The molecule has 0 heterocycles. The third kappa shape index (κ3) is 6.28. The number of carbonyl (C=O) groups is 3. The van der Waals surface area contributed by atoms with Gasteiger partial charge in [-0.2, -0.15) is 5.10 Å². The molecule has 0 aliphatic heterocycles. The SMILES string of the molecule is CC(=O)Nc1ccc(NC(=O)C/C(C)=N/NC(=O)c2ccccc2N)cc1. The summed E-state index contributed by atoms with van der Waals surface area (Å²) < 4.78 is 0. The Morgan fingerprint density at radius 3 is 2.11 bits per heavy atom. The third-order valence-corrected chi connectivity index (χ3v) is 3.46. The number of para-hydroxylation sites is 1. The molecule has 0 saturated carbocycles. The minimum absolute atomic E-state index is 0.0119. The van der Waals surface area contributed by atoms with Crippen LogP contribution in [0.3, 0.4) is 0 Å². The molecule has 0 atom stereocenters. The average molecular weight is 367 g/mol.